The Bertz CT molecular complexity index is 337. The van der Waals surface area contributed by atoms with E-state index in [1.807, 2.05) is 31.2 Å². The van der Waals surface area contributed by atoms with Gasteiger partial charge in [-0.25, -0.2) is 0 Å². The van der Waals surface area contributed by atoms with E-state index >= 15 is 0 Å². The van der Waals surface area contributed by atoms with Gasteiger partial charge in [0.2, 0.25) is 0 Å². The van der Waals surface area contributed by atoms with Gasteiger partial charge in [0, 0.05) is 6.42 Å². The zero-order valence-corrected chi connectivity index (χ0v) is 9.59. The number of benzene rings is 1. The molecule has 1 aromatic rings. The standard InChI is InChI=1S/C12H15F3O2/c1-10-5-2-3-6-11(10)17-8-4-7-16-9-12(13,14)15/h2-3,5-6H,4,7-9H2,1H3. The Labute approximate surface area is 98.3 Å². The lowest BCUT2D eigenvalue weighted by molar-refractivity contribution is -0.174. The van der Waals surface area contributed by atoms with E-state index in [2.05, 4.69) is 4.74 Å². The van der Waals surface area contributed by atoms with E-state index in [1.165, 1.54) is 0 Å². The molecule has 0 spiro atoms. The third kappa shape index (κ3) is 6.16. The second-order valence-corrected chi connectivity index (χ2v) is 3.64. The molecule has 0 radical (unpaired) electrons. The largest absolute Gasteiger partial charge is 0.493 e. The van der Waals surface area contributed by atoms with Crippen LogP contribution < -0.4 is 4.74 Å². The normalized spacial score (nSPS) is 11.5. The Kier molecular flexibility index (Phi) is 5.28. The molecule has 0 heterocycles. The quantitative estimate of drug-likeness (QED) is 0.719. The SMILES string of the molecule is Cc1ccccc1OCCCOCC(F)(F)F. The summed E-state index contributed by atoms with van der Waals surface area (Å²) in [4.78, 5) is 0. The van der Waals surface area contributed by atoms with Crippen LogP contribution in [0.25, 0.3) is 0 Å². The number of rotatable bonds is 6. The Balaban J connectivity index is 2.11. The molecule has 1 rings (SSSR count). The molecule has 0 atom stereocenters. The van der Waals surface area contributed by atoms with Crippen LogP contribution in [0.1, 0.15) is 12.0 Å². The van der Waals surface area contributed by atoms with E-state index in [0.717, 1.165) is 11.3 Å². The predicted molar refractivity (Wildman–Crippen MR) is 58.2 cm³/mol. The number of alkyl halides is 3. The molecular formula is C12H15F3O2. The van der Waals surface area contributed by atoms with Gasteiger partial charge < -0.3 is 9.47 Å². The van der Waals surface area contributed by atoms with Crippen molar-refractivity contribution < 1.29 is 22.6 Å². The van der Waals surface area contributed by atoms with Gasteiger partial charge in [-0.3, -0.25) is 0 Å². The average molecular weight is 248 g/mol. The van der Waals surface area contributed by atoms with Gasteiger partial charge in [0.15, 0.2) is 0 Å². The van der Waals surface area contributed by atoms with Crippen molar-refractivity contribution in [3.63, 3.8) is 0 Å². The maximum Gasteiger partial charge on any atom is 0.411 e. The maximum absolute atomic E-state index is 11.7. The van der Waals surface area contributed by atoms with Gasteiger partial charge in [-0.15, -0.1) is 0 Å². The highest BCUT2D eigenvalue weighted by Gasteiger charge is 2.27. The maximum atomic E-state index is 11.7. The topological polar surface area (TPSA) is 18.5 Å². The van der Waals surface area contributed by atoms with E-state index in [9.17, 15) is 13.2 Å². The molecule has 0 saturated heterocycles. The van der Waals surface area contributed by atoms with Crippen molar-refractivity contribution in [1.29, 1.82) is 0 Å². The van der Waals surface area contributed by atoms with Crippen molar-refractivity contribution in [3.8, 4) is 5.75 Å². The van der Waals surface area contributed by atoms with Gasteiger partial charge >= 0.3 is 6.18 Å². The van der Waals surface area contributed by atoms with E-state index in [0.29, 0.717) is 13.0 Å². The molecule has 0 aromatic heterocycles. The van der Waals surface area contributed by atoms with Crippen LogP contribution >= 0.6 is 0 Å². The summed E-state index contributed by atoms with van der Waals surface area (Å²) in [6.07, 6.45) is -3.82. The molecule has 0 saturated carbocycles. The number of para-hydroxylation sites is 1. The molecule has 0 aliphatic rings. The zero-order chi connectivity index (χ0) is 12.7. The minimum atomic E-state index is -4.25. The molecule has 0 aliphatic heterocycles. The van der Waals surface area contributed by atoms with Gasteiger partial charge in [0.1, 0.15) is 12.4 Å². The Hall–Kier alpha value is -1.23. The van der Waals surface area contributed by atoms with Crippen molar-refractivity contribution in [3.05, 3.63) is 29.8 Å². The molecule has 5 heteroatoms. The van der Waals surface area contributed by atoms with Crippen molar-refractivity contribution in [2.75, 3.05) is 19.8 Å². The predicted octanol–water partition coefficient (Wildman–Crippen LogP) is 3.34. The van der Waals surface area contributed by atoms with Crippen LogP contribution in [-0.2, 0) is 4.74 Å². The van der Waals surface area contributed by atoms with Crippen molar-refractivity contribution in [1.82, 2.24) is 0 Å². The second-order valence-electron chi connectivity index (χ2n) is 3.64. The lowest BCUT2D eigenvalue weighted by Crippen LogP contribution is -2.18. The monoisotopic (exact) mass is 248 g/mol. The first-order valence-electron chi connectivity index (χ1n) is 5.32. The summed E-state index contributed by atoms with van der Waals surface area (Å²) in [5, 5.41) is 0. The van der Waals surface area contributed by atoms with E-state index in [1.54, 1.807) is 0 Å². The second kappa shape index (κ2) is 6.49. The molecule has 1 aromatic carbocycles. The van der Waals surface area contributed by atoms with Crippen LogP contribution in [0.3, 0.4) is 0 Å². The fourth-order valence-electron chi connectivity index (χ4n) is 1.25. The van der Waals surface area contributed by atoms with Crippen LogP contribution in [0.4, 0.5) is 13.2 Å². The molecule has 0 amide bonds. The summed E-state index contributed by atoms with van der Waals surface area (Å²) in [6.45, 7) is 1.11. The first kappa shape index (κ1) is 13.8. The third-order valence-corrected chi connectivity index (χ3v) is 2.05. The number of hydrogen-bond donors (Lipinski definition) is 0. The number of halogens is 3. The first-order chi connectivity index (χ1) is 7.99. The minimum Gasteiger partial charge on any atom is -0.493 e. The molecule has 2 nitrogen and oxygen atoms in total. The lowest BCUT2D eigenvalue weighted by Gasteiger charge is -2.10. The Morgan fingerprint density at radius 1 is 1.12 bits per heavy atom. The molecule has 17 heavy (non-hydrogen) atoms. The summed E-state index contributed by atoms with van der Waals surface area (Å²) in [7, 11) is 0. The van der Waals surface area contributed by atoms with Crippen molar-refractivity contribution in [2.45, 2.75) is 19.5 Å². The molecule has 0 aliphatic carbocycles. The van der Waals surface area contributed by atoms with Crippen molar-refractivity contribution in [2.24, 2.45) is 0 Å². The van der Waals surface area contributed by atoms with Crippen LogP contribution in [0, 0.1) is 6.92 Å². The number of ether oxygens (including phenoxy) is 2. The van der Waals surface area contributed by atoms with E-state index < -0.39 is 12.8 Å². The fourth-order valence-corrected chi connectivity index (χ4v) is 1.25. The van der Waals surface area contributed by atoms with Gasteiger partial charge in [0.25, 0.3) is 0 Å². The van der Waals surface area contributed by atoms with E-state index in [-0.39, 0.29) is 6.61 Å². The fraction of sp³-hybridized carbons (Fsp3) is 0.500. The highest BCUT2D eigenvalue weighted by molar-refractivity contribution is 5.31. The molecule has 0 N–H and O–H groups in total. The highest BCUT2D eigenvalue weighted by atomic mass is 19.4. The smallest absolute Gasteiger partial charge is 0.411 e. The lowest BCUT2D eigenvalue weighted by atomic mass is 10.2. The molecule has 0 unspecified atom stereocenters. The van der Waals surface area contributed by atoms with Gasteiger partial charge in [-0.2, -0.15) is 13.2 Å². The Morgan fingerprint density at radius 2 is 1.82 bits per heavy atom. The average Bonchev–Trinajstić information content (AvgIpc) is 2.24. The third-order valence-electron chi connectivity index (χ3n) is 2.05. The minimum absolute atomic E-state index is 0.0470. The molecule has 96 valence electrons. The Morgan fingerprint density at radius 3 is 2.47 bits per heavy atom. The zero-order valence-electron chi connectivity index (χ0n) is 9.59. The van der Waals surface area contributed by atoms with E-state index in [4.69, 9.17) is 4.74 Å². The van der Waals surface area contributed by atoms with Gasteiger partial charge in [-0.05, 0) is 18.6 Å². The number of hydrogen-bond acceptors (Lipinski definition) is 2. The summed E-state index contributed by atoms with van der Waals surface area (Å²) in [6, 6.07) is 7.48. The number of aryl methyl sites for hydroxylation is 1. The molecule has 0 fully saturated rings. The van der Waals surface area contributed by atoms with Gasteiger partial charge in [-0.1, -0.05) is 18.2 Å². The highest BCUT2D eigenvalue weighted by Crippen LogP contribution is 2.16. The molecule has 0 bridgehead atoms. The van der Waals surface area contributed by atoms with Gasteiger partial charge in [0.05, 0.1) is 13.2 Å². The summed E-state index contributed by atoms with van der Waals surface area (Å²) < 4.78 is 45.0. The first-order valence-corrected chi connectivity index (χ1v) is 5.32. The van der Waals surface area contributed by atoms with Crippen LogP contribution in [0.5, 0.6) is 5.75 Å². The van der Waals surface area contributed by atoms with Crippen LogP contribution in [-0.4, -0.2) is 26.0 Å². The molecular weight excluding hydrogens is 233 g/mol. The van der Waals surface area contributed by atoms with Crippen LogP contribution in [0.2, 0.25) is 0 Å². The summed E-state index contributed by atoms with van der Waals surface area (Å²) in [5.74, 6) is 0.753. The summed E-state index contributed by atoms with van der Waals surface area (Å²) in [5.41, 5.74) is 1.00. The van der Waals surface area contributed by atoms with Crippen LogP contribution in [0.15, 0.2) is 24.3 Å². The summed E-state index contributed by atoms with van der Waals surface area (Å²) >= 11 is 0. The van der Waals surface area contributed by atoms with Crippen molar-refractivity contribution >= 4 is 0 Å².